The number of piperidine rings is 1. The van der Waals surface area contributed by atoms with Crippen LogP contribution in [0, 0.1) is 5.82 Å². The average molecular weight is 406 g/mol. The van der Waals surface area contributed by atoms with Crippen molar-refractivity contribution in [2.45, 2.75) is 31.2 Å². The molecule has 0 unspecified atom stereocenters. The molecule has 3 aromatic rings. The lowest BCUT2D eigenvalue weighted by atomic mass is 9.89. The molecule has 1 aromatic heterocycles. The molecule has 4 heterocycles. The minimum absolute atomic E-state index is 0.0856. The SMILES string of the molecule is O=C1CN2c3c(cccc3[C@@H]3CN(CCCc4noc5cc(F)ccc45)CC[C@@H]32)N1. The van der Waals surface area contributed by atoms with Crippen molar-refractivity contribution in [1.82, 2.24) is 10.1 Å². The summed E-state index contributed by atoms with van der Waals surface area (Å²) in [5.41, 5.74) is 4.97. The molecule has 7 heteroatoms. The van der Waals surface area contributed by atoms with Crippen molar-refractivity contribution in [3.63, 3.8) is 0 Å². The normalized spacial score (nSPS) is 22.8. The number of nitrogens with one attached hydrogen (secondary N) is 1. The van der Waals surface area contributed by atoms with Crippen LogP contribution < -0.4 is 10.2 Å². The highest BCUT2D eigenvalue weighted by molar-refractivity contribution is 6.03. The van der Waals surface area contributed by atoms with Gasteiger partial charge in [-0.15, -0.1) is 0 Å². The second-order valence-corrected chi connectivity index (χ2v) is 8.56. The summed E-state index contributed by atoms with van der Waals surface area (Å²) in [5.74, 6) is 0.225. The standard InChI is InChI=1S/C23H23FN4O2/c24-14-6-7-16-18(26-30-21(16)11-14)5-2-9-27-10-8-20-17(12-27)15-3-1-4-19-23(15)28(20)13-22(29)25-19/h1,3-4,6-7,11,17,20H,2,5,8-10,12-13H2,(H,25,29)/t17-,20-/m0/s1. The van der Waals surface area contributed by atoms with Gasteiger partial charge in [0.25, 0.3) is 0 Å². The summed E-state index contributed by atoms with van der Waals surface area (Å²) in [6.07, 6.45) is 2.86. The fourth-order valence-electron chi connectivity index (χ4n) is 5.49. The Morgan fingerprint density at radius 1 is 1.27 bits per heavy atom. The molecule has 6 rings (SSSR count). The number of nitrogens with zero attached hydrogens (tertiary/aromatic N) is 3. The van der Waals surface area contributed by atoms with E-state index in [0.717, 1.165) is 55.7 Å². The lowest BCUT2D eigenvalue weighted by Gasteiger charge is -2.39. The molecule has 3 aliphatic rings. The third-order valence-electron chi connectivity index (χ3n) is 6.80. The van der Waals surface area contributed by atoms with Crippen LogP contribution in [0.2, 0.25) is 0 Å². The number of anilines is 2. The molecule has 2 aromatic carbocycles. The highest BCUT2D eigenvalue weighted by Crippen LogP contribution is 2.49. The Balaban J connectivity index is 1.14. The number of aryl methyl sites for hydroxylation is 1. The van der Waals surface area contributed by atoms with E-state index in [1.807, 2.05) is 6.07 Å². The maximum Gasteiger partial charge on any atom is 0.243 e. The van der Waals surface area contributed by atoms with Gasteiger partial charge in [-0.2, -0.15) is 0 Å². The quantitative estimate of drug-likeness (QED) is 0.718. The number of benzene rings is 2. The van der Waals surface area contributed by atoms with Crippen LogP contribution in [0.1, 0.15) is 30.0 Å². The molecule has 1 N–H and O–H groups in total. The minimum Gasteiger partial charge on any atom is -0.357 e. The zero-order valence-corrected chi connectivity index (χ0v) is 16.6. The monoisotopic (exact) mass is 406 g/mol. The molecule has 0 radical (unpaired) electrons. The predicted molar refractivity (Wildman–Crippen MR) is 112 cm³/mol. The first-order chi connectivity index (χ1) is 14.7. The van der Waals surface area contributed by atoms with Crippen molar-refractivity contribution < 1.29 is 13.7 Å². The maximum absolute atomic E-state index is 13.3. The van der Waals surface area contributed by atoms with Crippen LogP contribution in [0.3, 0.4) is 0 Å². The summed E-state index contributed by atoms with van der Waals surface area (Å²) in [4.78, 5) is 17.0. The van der Waals surface area contributed by atoms with E-state index in [4.69, 9.17) is 4.52 Å². The fraction of sp³-hybridized carbons (Fsp3) is 0.391. The van der Waals surface area contributed by atoms with Gasteiger partial charge < -0.3 is 19.6 Å². The number of hydrogen-bond acceptors (Lipinski definition) is 5. The maximum atomic E-state index is 13.3. The molecule has 0 saturated carbocycles. The van der Waals surface area contributed by atoms with E-state index >= 15 is 0 Å². The van der Waals surface area contributed by atoms with Crippen molar-refractivity contribution in [2.24, 2.45) is 0 Å². The highest BCUT2D eigenvalue weighted by Gasteiger charge is 2.45. The molecule has 0 spiro atoms. The van der Waals surface area contributed by atoms with Crippen LogP contribution in [0.25, 0.3) is 11.0 Å². The summed E-state index contributed by atoms with van der Waals surface area (Å²) >= 11 is 0. The summed E-state index contributed by atoms with van der Waals surface area (Å²) in [7, 11) is 0. The number of para-hydroxylation sites is 1. The van der Waals surface area contributed by atoms with Crippen LogP contribution in [0.4, 0.5) is 15.8 Å². The number of rotatable bonds is 4. The summed E-state index contributed by atoms with van der Waals surface area (Å²) in [6, 6.07) is 11.3. The number of halogens is 1. The molecule has 2 atom stereocenters. The van der Waals surface area contributed by atoms with Crippen molar-refractivity contribution in [1.29, 1.82) is 0 Å². The zero-order chi connectivity index (χ0) is 20.2. The summed E-state index contributed by atoms with van der Waals surface area (Å²) < 4.78 is 18.6. The van der Waals surface area contributed by atoms with Crippen molar-refractivity contribution in [3.05, 3.63) is 53.5 Å². The first kappa shape index (κ1) is 17.9. The number of likely N-dealkylation sites (tertiary alicyclic amines) is 1. The van der Waals surface area contributed by atoms with E-state index in [1.54, 1.807) is 6.07 Å². The van der Waals surface area contributed by atoms with E-state index in [-0.39, 0.29) is 11.7 Å². The largest absolute Gasteiger partial charge is 0.357 e. The van der Waals surface area contributed by atoms with Gasteiger partial charge >= 0.3 is 0 Å². The Morgan fingerprint density at radius 2 is 2.20 bits per heavy atom. The molecular formula is C23H23FN4O2. The molecule has 30 heavy (non-hydrogen) atoms. The van der Waals surface area contributed by atoms with Crippen molar-refractivity contribution in [2.75, 3.05) is 36.4 Å². The average Bonchev–Trinajstić information content (AvgIpc) is 3.28. The molecular weight excluding hydrogens is 383 g/mol. The van der Waals surface area contributed by atoms with E-state index in [0.29, 0.717) is 24.1 Å². The summed E-state index contributed by atoms with van der Waals surface area (Å²) in [5, 5.41) is 8.07. The second kappa shape index (κ2) is 6.80. The lowest BCUT2D eigenvalue weighted by molar-refractivity contribution is -0.115. The van der Waals surface area contributed by atoms with E-state index in [1.165, 1.54) is 23.4 Å². The topological polar surface area (TPSA) is 61.6 Å². The number of carbonyl (C=O) groups is 1. The number of carbonyl (C=O) groups excluding carboxylic acids is 1. The van der Waals surface area contributed by atoms with Crippen LogP contribution in [0.5, 0.6) is 0 Å². The first-order valence-corrected chi connectivity index (χ1v) is 10.6. The predicted octanol–water partition coefficient (Wildman–Crippen LogP) is 3.53. The third kappa shape index (κ3) is 2.80. The molecule has 0 bridgehead atoms. The number of amides is 1. The van der Waals surface area contributed by atoms with Crippen LogP contribution in [0.15, 0.2) is 40.9 Å². The summed E-state index contributed by atoms with van der Waals surface area (Å²) in [6.45, 7) is 3.50. The van der Waals surface area contributed by atoms with E-state index in [9.17, 15) is 9.18 Å². The van der Waals surface area contributed by atoms with Gasteiger partial charge in [-0.1, -0.05) is 17.3 Å². The molecule has 1 fully saturated rings. The molecule has 0 aliphatic carbocycles. The highest BCUT2D eigenvalue weighted by atomic mass is 19.1. The molecule has 1 amide bonds. The van der Waals surface area contributed by atoms with E-state index in [2.05, 4.69) is 32.4 Å². The Labute approximate surface area is 173 Å². The van der Waals surface area contributed by atoms with Crippen molar-refractivity contribution in [3.8, 4) is 0 Å². The van der Waals surface area contributed by atoms with Gasteiger partial charge in [-0.3, -0.25) is 4.79 Å². The molecule has 154 valence electrons. The Kier molecular flexibility index (Phi) is 4.06. The van der Waals surface area contributed by atoms with Crippen molar-refractivity contribution >= 4 is 28.3 Å². The van der Waals surface area contributed by atoms with Gasteiger partial charge in [-0.25, -0.2) is 4.39 Å². The Morgan fingerprint density at radius 3 is 3.13 bits per heavy atom. The van der Waals surface area contributed by atoms with Gasteiger partial charge in [0.1, 0.15) is 5.82 Å². The number of fused-ring (bicyclic) bond motifs is 4. The smallest absolute Gasteiger partial charge is 0.243 e. The molecule has 6 nitrogen and oxygen atoms in total. The Hall–Kier alpha value is -2.93. The lowest BCUT2D eigenvalue weighted by Crippen LogP contribution is -2.49. The third-order valence-corrected chi connectivity index (χ3v) is 6.80. The minimum atomic E-state index is -0.303. The van der Waals surface area contributed by atoms with Gasteiger partial charge in [0.2, 0.25) is 5.91 Å². The van der Waals surface area contributed by atoms with Crippen LogP contribution >= 0.6 is 0 Å². The fourth-order valence-corrected chi connectivity index (χ4v) is 5.49. The Bertz CT molecular complexity index is 1140. The zero-order valence-electron chi connectivity index (χ0n) is 16.6. The first-order valence-electron chi connectivity index (χ1n) is 10.6. The molecule has 3 aliphatic heterocycles. The van der Waals surface area contributed by atoms with Gasteiger partial charge in [0, 0.05) is 36.5 Å². The second-order valence-electron chi connectivity index (χ2n) is 8.56. The number of aromatic nitrogens is 1. The van der Waals surface area contributed by atoms with Crippen LogP contribution in [-0.4, -0.2) is 48.2 Å². The van der Waals surface area contributed by atoms with Gasteiger partial charge in [0.15, 0.2) is 5.58 Å². The number of hydrogen-bond donors (Lipinski definition) is 1. The molecule has 1 saturated heterocycles. The van der Waals surface area contributed by atoms with Gasteiger partial charge in [0.05, 0.1) is 23.6 Å². The van der Waals surface area contributed by atoms with Crippen LogP contribution in [-0.2, 0) is 11.2 Å². The van der Waals surface area contributed by atoms with E-state index < -0.39 is 0 Å². The van der Waals surface area contributed by atoms with Gasteiger partial charge in [-0.05, 0) is 49.6 Å².